The van der Waals surface area contributed by atoms with Gasteiger partial charge in [0.15, 0.2) is 0 Å². The Bertz CT molecular complexity index is 649. The van der Waals surface area contributed by atoms with E-state index >= 15 is 0 Å². The molecule has 0 saturated heterocycles. The number of nitrogens with one attached hydrogen (secondary N) is 1. The Morgan fingerprint density at radius 2 is 2.14 bits per heavy atom. The van der Waals surface area contributed by atoms with E-state index in [9.17, 15) is 4.79 Å². The standard InChI is InChI=1S/C17H21N3OS/c1-12-10-16(20(19-12)13(2)14-8-9-14)18-17(21)11-22-15-6-4-3-5-7-15/h3-7,10,13-14H,8-9,11H2,1-2H3,(H,18,21). The SMILES string of the molecule is Cc1cc(NC(=O)CSc2ccccc2)n(C(C)C2CC2)n1. The van der Waals surface area contributed by atoms with Crippen LogP contribution >= 0.6 is 11.8 Å². The number of anilines is 1. The lowest BCUT2D eigenvalue weighted by molar-refractivity contribution is -0.113. The fraction of sp³-hybridized carbons (Fsp3) is 0.412. The number of rotatable bonds is 6. The minimum absolute atomic E-state index is 0.0120. The summed E-state index contributed by atoms with van der Waals surface area (Å²) >= 11 is 1.55. The second-order valence-corrected chi connectivity index (χ2v) is 6.89. The molecule has 2 aromatic rings. The molecule has 1 aliphatic rings. The van der Waals surface area contributed by atoms with Gasteiger partial charge in [-0.3, -0.25) is 4.79 Å². The van der Waals surface area contributed by atoms with Crippen molar-refractivity contribution in [2.24, 2.45) is 5.92 Å². The van der Waals surface area contributed by atoms with Crippen molar-refractivity contribution in [2.75, 3.05) is 11.1 Å². The Morgan fingerprint density at radius 3 is 2.82 bits per heavy atom. The van der Waals surface area contributed by atoms with Crippen LogP contribution in [0.25, 0.3) is 0 Å². The van der Waals surface area contributed by atoms with Crippen LogP contribution in [0.1, 0.15) is 31.5 Å². The van der Waals surface area contributed by atoms with Gasteiger partial charge in [0.2, 0.25) is 5.91 Å². The van der Waals surface area contributed by atoms with Gasteiger partial charge in [-0.15, -0.1) is 11.8 Å². The van der Waals surface area contributed by atoms with Gasteiger partial charge in [0.05, 0.1) is 17.5 Å². The molecule has 1 fully saturated rings. The predicted molar refractivity (Wildman–Crippen MR) is 90.2 cm³/mol. The fourth-order valence-electron chi connectivity index (χ4n) is 2.54. The molecule has 1 amide bonds. The monoisotopic (exact) mass is 315 g/mol. The number of aryl methyl sites for hydroxylation is 1. The Kier molecular flexibility index (Phi) is 4.52. The molecule has 0 aliphatic heterocycles. The molecular weight excluding hydrogens is 294 g/mol. The van der Waals surface area contributed by atoms with Crippen LogP contribution in [-0.2, 0) is 4.79 Å². The molecule has 0 bridgehead atoms. The highest BCUT2D eigenvalue weighted by Gasteiger charge is 2.31. The molecule has 116 valence electrons. The maximum Gasteiger partial charge on any atom is 0.235 e. The highest BCUT2D eigenvalue weighted by atomic mass is 32.2. The summed E-state index contributed by atoms with van der Waals surface area (Å²) in [4.78, 5) is 13.3. The highest BCUT2D eigenvalue weighted by molar-refractivity contribution is 8.00. The van der Waals surface area contributed by atoms with Crippen molar-refractivity contribution in [1.29, 1.82) is 0 Å². The Hall–Kier alpha value is -1.75. The van der Waals surface area contributed by atoms with Gasteiger partial charge in [0, 0.05) is 11.0 Å². The molecule has 1 N–H and O–H groups in total. The van der Waals surface area contributed by atoms with Crippen molar-refractivity contribution < 1.29 is 4.79 Å². The van der Waals surface area contributed by atoms with Crippen LogP contribution in [0.5, 0.6) is 0 Å². The number of thioether (sulfide) groups is 1. The van der Waals surface area contributed by atoms with Crippen LogP contribution in [0.15, 0.2) is 41.3 Å². The van der Waals surface area contributed by atoms with E-state index in [1.807, 2.05) is 48.0 Å². The first kappa shape index (κ1) is 15.2. The van der Waals surface area contributed by atoms with Crippen molar-refractivity contribution in [3.05, 3.63) is 42.1 Å². The molecule has 1 aromatic carbocycles. The second kappa shape index (κ2) is 6.57. The normalized spacial score (nSPS) is 15.5. The molecule has 1 saturated carbocycles. The number of amides is 1. The lowest BCUT2D eigenvalue weighted by atomic mass is 10.2. The number of hydrogen-bond donors (Lipinski definition) is 1. The van der Waals surface area contributed by atoms with E-state index in [1.165, 1.54) is 12.8 Å². The molecule has 0 radical (unpaired) electrons. The first-order valence-electron chi connectivity index (χ1n) is 7.67. The quantitative estimate of drug-likeness (QED) is 0.823. The lowest BCUT2D eigenvalue weighted by Gasteiger charge is -2.15. The zero-order chi connectivity index (χ0) is 15.5. The topological polar surface area (TPSA) is 46.9 Å². The first-order valence-corrected chi connectivity index (χ1v) is 8.66. The summed E-state index contributed by atoms with van der Waals surface area (Å²) in [7, 11) is 0. The van der Waals surface area contributed by atoms with Crippen molar-refractivity contribution in [3.8, 4) is 0 Å². The maximum absolute atomic E-state index is 12.2. The van der Waals surface area contributed by atoms with E-state index < -0.39 is 0 Å². The van der Waals surface area contributed by atoms with Crippen molar-refractivity contribution in [1.82, 2.24) is 9.78 Å². The molecule has 1 aromatic heterocycles. The maximum atomic E-state index is 12.2. The molecule has 4 nitrogen and oxygen atoms in total. The van der Waals surface area contributed by atoms with Crippen molar-refractivity contribution >= 4 is 23.5 Å². The Balaban J connectivity index is 1.61. The average molecular weight is 315 g/mol. The van der Waals surface area contributed by atoms with E-state index in [0.29, 0.717) is 17.7 Å². The largest absolute Gasteiger partial charge is 0.310 e. The molecule has 1 aliphatic carbocycles. The van der Waals surface area contributed by atoms with E-state index in [4.69, 9.17) is 0 Å². The second-order valence-electron chi connectivity index (χ2n) is 5.84. The zero-order valence-corrected chi connectivity index (χ0v) is 13.8. The van der Waals surface area contributed by atoms with Gasteiger partial charge in [-0.2, -0.15) is 5.10 Å². The summed E-state index contributed by atoms with van der Waals surface area (Å²) in [6, 6.07) is 12.3. The number of hydrogen-bond acceptors (Lipinski definition) is 3. The van der Waals surface area contributed by atoms with Crippen molar-refractivity contribution in [3.63, 3.8) is 0 Å². The number of carbonyl (C=O) groups is 1. The molecule has 3 rings (SSSR count). The van der Waals surface area contributed by atoms with Crippen LogP contribution in [0.3, 0.4) is 0 Å². The molecule has 0 spiro atoms. The lowest BCUT2D eigenvalue weighted by Crippen LogP contribution is -2.19. The number of benzene rings is 1. The van der Waals surface area contributed by atoms with E-state index in [2.05, 4.69) is 17.3 Å². The van der Waals surface area contributed by atoms with E-state index in [1.54, 1.807) is 11.8 Å². The molecule has 1 heterocycles. The summed E-state index contributed by atoms with van der Waals surface area (Å²) in [5, 5.41) is 7.54. The Labute approximate surface area is 135 Å². The third-order valence-corrected chi connectivity index (χ3v) is 4.94. The summed E-state index contributed by atoms with van der Waals surface area (Å²) in [6.07, 6.45) is 2.52. The molecule has 1 unspecified atom stereocenters. The fourth-order valence-corrected chi connectivity index (χ4v) is 3.26. The molecule has 22 heavy (non-hydrogen) atoms. The minimum Gasteiger partial charge on any atom is -0.310 e. The summed E-state index contributed by atoms with van der Waals surface area (Å²) in [6.45, 7) is 4.14. The van der Waals surface area contributed by atoms with Gasteiger partial charge in [-0.25, -0.2) is 4.68 Å². The molecule has 5 heteroatoms. The van der Waals surface area contributed by atoms with Crippen molar-refractivity contribution in [2.45, 2.75) is 37.6 Å². The molecule has 1 atom stereocenters. The molecular formula is C17H21N3OS. The average Bonchev–Trinajstić information content (AvgIpc) is 3.30. The summed E-state index contributed by atoms with van der Waals surface area (Å²) in [5.74, 6) is 1.94. The van der Waals surface area contributed by atoms with Gasteiger partial charge in [-0.05, 0) is 44.7 Å². The van der Waals surface area contributed by atoms with Gasteiger partial charge >= 0.3 is 0 Å². The van der Waals surface area contributed by atoms with Crippen LogP contribution in [0, 0.1) is 12.8 Å². The third-order valence-electron chi connectivity index (χ3n) is 3.93. The van der Waals surface area contributed by atoms with Crippen LogP contribution in [0.2, 0.25) is 0 Å². The number of aromatic nitrogens is 2. The minimum atomic E-state index is 0.0120. The smallest absolute Gasteiger partial charge is 0.235 e. The van der Waals surface area contributed by atoms with Crippen LogP contribution in [0.4, 0.5) is 5.82 Å². The van der Waals surface area contributed by atoms with Gasteiger partial charge < -0.3 is 5.32 Å². The first-order chi connectivity index (χ1) is 10.6. The van der Waals surface area contributed by atoms with Gasteiger partial charge in [-0.1, -0.05) is 18.2 Å². The van der Waals surface area contributed by atoms with Crippen LogP contribution < -0.4 is 5.32 Å². The van der Waals surface area contributed by atoms with Gasteiger partial charge in [0.1, 0.15) is 5.82 Å². The van der Waals surface area contributed by atoms with Crippen LogP contribution in [-0.4, -0.2) is 21.4 Å². The van der Waals surface area contributed by atoms with E-state index in [-0.39, 0.29) is 5.91 Å². The zero-order valence-electron chi connectivity index (χ0n) is 13.0. The summed E-state index contributed by atoms with van der Waals surface area (Å²) in [5.41, 5.74) is 0.943. The highest BCUT2D eigenvalue weighted by Crippen LogP contribution is 2.40. The Morgan fingerprint density at radius 1 is 1.41 bits per heavy atom. The number of carbonyl (C=O) groups excluding carboxylic acids is 1. The predicted octanol–water partition coefficient (Wildman–Crippen LogP) is 3.89. The third kappa shape index (κ3) is 3.71. The summed E-state index contributed by atoms with van der Waals surface area (Å²) < 4.78 is 1.97. The van der Waals surface area contributed by atoms with E-state index in [0.717, 1.165) is 16.4 Å². The van der Waals surface area contributed by atoms with Gasteiger partial charge in [0.25, 0.3) is 0 Å². The number of nitrogens with zero attached hydrogens (tertiary/aromatic N) is 2.